The highest BCUT2D eigenvalue weighted by Gasteiger charge is 2.31. The van der Waals surface area contributed by atoms with Gasteiger partial charge >= 0.3 is 0 Å². The Bertz CT molecular complexity index is 1170. The number of nitrogens with one attached hydrogen (secondary N) is 1. The van der Waals surface area contributed by atoms with E-state index < -0.39 is 28.5 Å². The van der Waals surface area contributed by atoms with Gasteiger partial charge in [-0.15, -0.1) is 0 Å². The molecule has 0 saturated heterocycles. The van der Waals surface area contributed by atoms with Crippen molar-refractivity contribution in [2.24, 2.45) is 0 Å². The molecule has 2 unspecified atom stereocenters. The van der Waals surface area contributed by atoms with Crippen LogP contribution in [0.15, 0.2) is 42.5 Å². The molecule has 9 nitrogen and oxygen atoms in total. The predicted octanol–water partition coefficient (Wildman–Crippen LogP) is 3.46. The first-order chi connectivity index (χ1) is 16.9. The molecule has 11 heteroatoms. The summed E-state index contributed by atoms with van der Waals surface area (Å²) in [6.07, 6.45) is 1.73. The maximum atomic E-state index is 13.6. The zero-order valence-corrected chi connectivity index (χ0v) is 23.0. The molecule has 2 amide bonds. The van der Waals surface area contributed by atoms with Gasteiger partial charge < -0.3 is 19.7 Å². The minimum Gasteiger partial charge on any atom is -0.493 e. The van der Waals surface area contributed by atoms with E-state index in [9.17, 15) is 18.0 Å². The third-order valence-electron chi connectivity index (χ3n) is 5.80. The molecule has 0 spiro atoms. The van der Waals surface area contributed by atoms with Crippen molar-refractivity contribution in [3.63, 3.8) is 0 Å². The van der Waals surface area contributed by atoms with Crippen LogP contribution in [0, 0.1) is 0 Å². The molecule has 2 atom stereocenters. The molecule has 0 heterocycles. The van der Waals surface area contributed by atoms with Crippen LogP contribution in [0.25, 0.3) is 0 Å². The number of sulfonamides is 1. The Balaban J connectivity index is 2.45. The van der Waals surface area contributed by atoms with Crippen LogP contribution >= 0.6 is 11.6 Å². The Labute approximate surface area is 218 Å². The molecule has 0 radical (unpaired) electrons. The monoisotopic (exact) mass is 539 g/mol. The van der Waals surface area contributed by atoms with E-state index in [4.69, 9.17) is 21.1 Å². The highest BCUT2D eigenvalue weighted by atomic mass is 35.5. The minimum atomic E-state index is -3.88. The van der Waals surface area contributed by atoms with Gasteiger partial charge in [0.2, 0.25) is 21.8 Å². The number of carbonyl (C=O) groups excluding carboxylic acids is 2. The van der Waals surface area contributed by atoms with E-state index in [1.807, 2.05) is 13.8 Å². The van der Waals surface area contributed by atoms with Gasteiger partial charge in [-0.2, -0.15) is 0 Å². The molecule has 0 bridgehead atoms. The van der Waals surface area contributed by atoms with Crippen molar-refractivity contribution in [1.82, 2.24) is 10.2 Å². The molecule has 0 fully saturated rings. The molecule has 0 aliphatic heterocycles. The third kappa shape index (κ3) is 7.51. The summed E-state index contributed by atoms with van der Waals surface area (Å²) in [5.41, 5.74) is 0.852. The van der Waals surface area contributed by atoms with Gasteiger partial charge in [-0.1, -0.05) is 36.7 Å². The highest BCUT2D eigenvalue weighted by Crippen LogP contribution is 2.32. The number of hydrogen-bond donors (Lipinski definition) is 1. The fraction of sp³-hybridized carbons (Fsp3) is 0.440. The first-order valence-electron chi connectivity index (χ1n) is 11.5. The zero-order valence-electron chi connectivity index (χ0n) is 21.4. The second-order valence-electron chi connectivity index (χ2n) is 8.42. The van der Waals surface area contributed by atoms with Crippen LogP contribution in [0.5, 0.6) is 11.5 Å². The van der Waals surface area contributed by atoms with Crippen molar-refractivity contribution in [2.45, 2.75) is 45.8 Å². The fourth-order valence-corrected chi connectivity index (χ4v) is 4.49. The number of hydrogen-bond acceptors (Lipinski definition) is 6. The molecule has 198 valence electrons. The largest absolute Gasteiger partial charge is 0.493 e. The number of ether oxygens (including phenoxy) is 2. The summed E-state index contributed by atoms with van der Waals surface area (Å²) in [5, 5.41) is 3.31. The second kappa shape index (κ2) is 12.8. The molecular weight excluding hydrogens is 506 g/mol. The molecule has 0 aliphatic carbocycles. The summed E-state index contributed by atoms with van der Waals surface area (Å²) < 4.78 is 36.9. The third-order valence-corrected chi connectivity index (χ3v) is 7.31. The minimum absolute atomic E-state index is 0.0249. The van der Waals surface area contributed by atoms with Crippen molar-refractivity contribution in [3.05, 3.63) is 53.1 Å². The van der Waals surface area contributed by atoms with Gasteiger partial charge in [0.25, 0.3) is 0 Å². The van der Waals surface area contributed by atoms with E-state index >= 15 is 0 Å². The molecule has 2 aromatic rings. The summed E-state index contributed by atoms with van der Waals surface area (Å²) in [6.45, 7) is 4.91. The molecule has 0 aliphatic rings. The van der Waals surface area contributed by atoms with Crippen LogP contribution in [-0.4, -0.2) is 64.2 Å². The number of carbonyl (C=O) groups is 2. The first kappa shape index (κ1) is 29.3. The fourth-order valence-electron chi connectivity index (χ4n) is 3.45. The number of rotatable bonds is 12. The number of nitrogens with zero attached hydrogens (tertiary/aromatic N) is 2. The molecular formula is C25H34ClN3O6S. The first-order valence-corrected chi connectivity index (χ1v) is 13.7. The Kier molecular flexibility index (Phi) is 10.4. The topological polar surface area (TPSA) is 105 Å². The zero-order chi connectivity index (χ0) is 27.0. The van der Waals surface area contributed by atoms with Crippen LogP contribution in [0.4, 0.5) is 5.69 Å². The lowest BCUT2D eigenvalue weighted by Crippen LogP contribution is -2.52. The standard InChI is InChI=1S/C25H34ClN3O6S/c1-7-17(2)27-25(31)18(3)28(15-19-10-8-9-11-21(19)26)24(30)16-29(36(6,32)33)20-12-13-22(34-4)23(14-20)35-5/h8-14,17-18H,7,15-16H2,1-6H3,(H,27,31). The second-order valence-corrected chi connectivity index (χ2v) is 10.7. The summed E-state index contributed by atoms with van der Waals surface area (Å²) in [4.78, 5) is 27.9. The van der Waals surface area contributed by atoms with E-state index in [1.165, 1.54) is 31.3 Å². The molecule has 2 aromatic carbocycles. The molecule has 1 N–H and O–H groups in total. The molecule has 0 aromatic heterocycles. The van der Waals surface area contributed by atoms with E-state index in [0.29, 0.717) is 22.1 Å². The lowest BCUT2D eigenvalue weighted by molar-refractivity contribution is -0.139. The predicted molar refractivity (Wildman–Crippen MR) is 141 cm³/mol. The van der Waals surface area contributed by atoms with Gasteiger partial charge in [-0.25, -0.2) is 8.42 Å². The van der Waals surface area contributed by atoms with E-state index in [-0.39, 0.29) is 24.2 Å². The lowest BCUT2D eigenvalue weighted by atomic mass is 10.1. The van der Waals surface area contributed by atoms with E-state index in [2.05, 4.69) is 5.32 Å². The molecule has 36 heavy (non-hydrogen) atoms. The SMILES string of the molecule is CCC(C)NC(=O)C(C)N(Cc1ccccc1Cl)C(=O)CN(c1ccc(OC)c(OC)c1)S(C)(=O)=O. The average Bonchev–Trinajstić information content (AvgIpc) is 2.84. The highest BCUT2D eigenvalue weighted by molar-refractivity contribution is 7.92. The Morgan fingerprint density at radius 1 is 1.06 bits per heavy atom. The average molecular weight is 540 g/mol. The van der Waals surface area contributed by atoms with Crippen molar-refractivity contribution >= 4 is 39.1 Å². The Morgan fingerprint density at radius 3 is 2.25 bits per heavy atom. The van der Waals surface area contributed by atoms with Gasteiger partial charge in [-0.05, 0) is 44.0 Å². The number of methoxy groups -OCH3 is 2. The number of halogens is 1. The van der Waals surface area contributed by atoms with Gasteiger partial charge in [0.15, 0.2) is 11.5 Å². The summed E-state index contributed by atoms with van der Waals surface area (Å²) in [5.74, 6) is -0.189. The van der Waals surface area contributed by atoms with E-state index in [0.717, 1.165) is 17.0 Å². The van der Waals surface area contributed by atoms with Gasteiger partial charge in [0.05, 0.1) is 26.2 Å². The summed E-state index contributed by atoms with van der Waals surface area (Å²) in [6, 6.07) is 10.6. The van der Waals surface area contributed by atoms with Crippen LogP contribution in [0.2, 0.25) is 5.02 Å². The normalized spacial score (nSPS) is 12.9. The van der Waals surface area contributed by atoms with Crippen molar-refractivity contribution in [3.8, 4) is 11.5 Å². The maximum Gasteiger partial charge on any atom is 0.244 e. The quantitative estimate of drug-likeness (QED) is 0.443. The van der Waals surface area contributed by atoms with Gasteiger partial charge in [0, 0.05) is 23.7 Å². The Morgan fingerprint density at radius 2 is 1.69 bits per heavy atom. The molecule has 2 rings (SSSR count). The lowest BCUT2D eigenvalue weighted by Gasteiger charge is -2.32. The Hall–Kier alpha value is -2.98. The van der Waals surface area contributed by atoms with Crippen LogP contribution in [0.1, 0.15) is 32.8 Å². The summed E-state index contributed by atoms with van der Waals surface area (Å²) in [7, 11) is -0.981. The van der Waals surface area contributed by atoms with Gasteiger partial charge in [-0.3, -0.25) is 13.9 Å². The van der Waals surface area contributed by atoms with Crippen molar-refractivity contribution < 1.29 is 27.5 Å². The number of amides is 2. The van der Waals surface area contributed by atoms with Crippen LogP contribution in [0.3, 0.4) is 0 Å². The summed E-state index contributed by atoms with van der Waals surface area (Å²) >= 11 is 6.33. The van der Waals surface area contributed by atoms with Crippen LogP contribution < -0.4 is 19.1 Å². The van der Waals surface area contributed by atoms with Crippen molar-refractivity contribution in [1.29, 1.82) is 0 Å². The maximum absolute atomic E-state index is 13.6. The van der Waals surface area contributed by atoms with Crippen LogP contribution in [-0.2, 0) is 26.2 Å². The van der Waals surface area contributed by atoms with E-state index in [1.54, 1.807) is 37.3 Å². The van der Waals surface area contributed by atoms with Crippen molar-refractivity contribution in [2.75, 3.05) is 31.3 Å². The molecule has 0 saturated carbocycles. The number of benzene rings is 2. The number of anilines is 1. The smallest absolute Gasteiger partial charge is 0.244 e. The van der Waals surface area contributed by atoms with Gasteiger partial charge in [0.1, 0.15) is 12.6 Å².